The predicted octanol–water partition coefficient (Wildman–Crippen LogP) is 3.59. The Bertz CT molecular complexity index is 1120. The highest BCUT2D eigenvalue weighted by Gasteiger charge is 2.19. The number of non-ortho nitro benzene ring substituents is 1. The third-order valence-corrected chi connectivity index (χ3v) is 4.31. The molecule has 0 heterocycles. The Kier molecular flexibility index (Phi) is 7.92. The summed E-state index contributed by atoms with van der Waals surface area (Å²) in [5, 5.41) is 25.3. The molecule has 0 radical (unpaired) electrons. The summed E-state index contributed by atoms with van der Waals surface area (Å²) in [5.41, 5.74) is 0.290. The topological polar surface area (TPSA) is 140 Å². The Labute approximate surface area is 188 Å². The summed E-state index contributed by atoms with van der Waals surface area (Å²) >= 11 is 0. The van der Waals surface area contributed by atoms with Crippen molar-refractivity contribution in [1.82, 2.24) is 0 Å². The quantitative estimate of drug-likeness (QED) is 0.241. The number of aliphatic hydroxyl groups is 1. The van der Waals surface area contributed by atoms with Crippen molar-refractivity contribution >= 4 is 28.9 Å². The number of rotatable bonds is 10. The maximum atomic E-state index is 12.4. The van der Waals surface area contributed by atoms with E-state index in [0.717, 1.165) is 6.07 Å². The first-order valence-electron chi connectivity index (χ1n) is 9.89. The van der Waals surface area contributed by atoms with Gasteiger partial charge in [-0.3, -0.25) is 14.9 Å². The van der Waals surface area contributed by atoms with E-state index >= 15 is 0 Å². The van der Waals surface area contributed by atoms with Gasteiger partial charge in [0.15, 0.2) is 6.61 Å². The molecule has 0 aromatic heterocycles. The Morgan fingerprint density at radius 1 is 0.970 bits per heavy atom. The molecule has 0 fully saturated rings. The van der Waals surface area contributed by atoms with Gasteiger partial charge in [0.05, 0.1) is 17.1 Å². The van der Waals surface area contributed by atoms with E-state index in [9.17, 15) is 19.7 Å². The maximum Gasteiger partial charge on any atom is 0.341 e. The molecule has 170 valence electrons. The number of para-hydroxylation sites is 1. The number of hydrogen-bond donors (Lipinski definition) is 3. The van der Waals surface area contributed by atoms with Crippen LogP contribution in [0, 0.1) is 10.1 Å². The molecule has 0 spiro atoms. The number of amides is 1. The number of esters is 1. The molecule has 0 aliphatic carbocycles. The number of nitrogens with zero attached hydrogens (tertiary/aromatic N) is 1. The van der Waals surface area contributed by atoms with Gasteiger partial charge in [-0.25, -0.2) is 4.79 Å². The average molecular weight is 451 g/mol. The van der Waals surface area contributed by atoms with Gasteiger partial charge < -0.3 is 25.2 Å². The highest BCUT2D eigenvalue weighted by molar-refractivity contribution is 5.99. The normalized spacial score (nSPS) is 10.2. The minimum absolute atomic E-state index is 0.118. The van der Waals surface area contributed by atoms with Crippen LogP contribution in [-0.4, -0.2) is 41.7 Å². The fourth-order valence-electron chi connectivity index (χ4n) is 2.80. The van der Waals surface area contributed by atoms with E-state index in [0.29, 0.717) is 17.2 Å². The van der Waals surface area contributed by atoms with E-state index < -0.39 is 23.4 Å². The highest BCUT2D eigenvalue weighted by Crippen LogP contribution is 2.24. The van der Waals surface area contributed by atoms with Crippen LogP contribution in [0.15, 0.2) is 72.8 Å². The van der Waals surface area contributed by atoms with Crippen molar-refractivity contribution in [3.05, 3.63) is 88.5 Å². The Balaban J connectivity index is 1.57. The van der Waals surface area contributed by atoms with Gasteiger partial charge in [-0.05, 0) is 42.5 Å². The zero-order valence-corrected chi connectivity index (χ0v) is 17.4. The van der Waals surface area contributed by atoms with E-state index in [1.807, 2.05) is 30.3 Å². The molecule has 10 heteroatoms. The number of nitro groups is 1. The number of nitrogens with one attached hydrogen (secondary N) is 2. The minimum atomic E-state index is -0.916. The molecule has 33 heavy (non-hydrogen) atoms. The summed E-state index contributed by atoms with van der Waals surface area (Å²) < 4.78 is 10.7. The number of hydrogen-bond acceptors (Lipinski definition) is 8. The van der Waals surface area contributed by atoms with E-state index in [1.165, 1.54) is 12.1 Å². The highest BCUT2D eigenvalue weighted by atomic mass is 16.6. The lowest BCUT2D eigenvalue weighted by Gasteiger charge is -2.11. The summed E-state index contributed by atoms with van der Waals surface area (Å²) in [7, 11) is 0. The summed E-state index contributed by atoms with van der Waals surface area (Å²) in [4.78, 5) is 35.0. The number of ether oxygens (including phenoxy) is 2. The molecule has 0 atom stereocenters. The van der Waals surface area contributed by atoms with Crippen LogP contribution >= 0.6 is 0 Å². The number of nitro benzene ring substituents is 1. The smallest absolute Gasteiger partial charge is 0.341 e. The van der Waals surface area contributed by atoms with Crippen molar-refractivity contribution < 1.29 is 29.1 Å². The molecule has 0 aliphatic heterocycles. The van der Waals surface area contributed by atoms with E-state index in [-0.39, 0.29) is 30.1 Å². The summed E-state index contributed by atoms with van der Waals surface area (Å²) in [6.45, 7) is -0.672. The first kappa shape index (κ1) is 23.2. The van der Waals surface area contributed by atoms with Gasteiger partial charge in [-0.1, -0.05) is 18.2 Å². The third-order valence-electron chi connectivity index (χ3n) is 4.31. The number of carbonyl (C=O) groups excluding carboxylic acids is 2. The zero-order chi connectivity index (χ0) is 23.6. The van der Waals surface area contributed by atoms with Crippen LogP contribution in [0.3, 0.4) is 0 Å². The molecule has 0 bridgehead atoms. The third kappa shape index (κ3) is 6.77. The minimum Gasteiger partial charge on any atom is -0.457 e. The van der Waals surface area contributed by atoms with Crippen LogP contribution in [-0.2, 0) is 9.53 Å². The molecule has 1 amide bonds. The molecule has 0 aliphatic rings. The number of anilines is 2. The van der Waals surface area contributed by atoms with Crippen molar-refractivity contribution in [3.8, 4) is 11.5 Å². The van der Waals surface area contributed by atoms with Gasteiger partial charge in [0.25, 0.3) is 11.6 Å². The van der Waals surface area contributed by atoms with Gasteiger partial charge in [-0.2, -0.15) is 0 Å². The first-order valence-corrected chi connectivity index (χ1v) is 9.89. The van der Waals surface area contributed by atoms with Crippen LogP contribution < -0.4 is 15.4 Å². The molecule has 0 saturated heterocycles. The maximum absolute atomic E-state index is 12.4. The summed E-state index contributed by atoms with van der Waals surface area (Å²) in [5.74, 6) is -0.245. The zero-order valence-electron chi connectivity index (χ0n) is 17.4. The summed E-state index contributed by atoms with van der Waals surface area (Å²) in [6.07, 6.45) is 0. The molecule has 3 aromatic carbocycles. The second-order valence-corrected chi connectivity index (χ2v) is 6.70. The second-order valence-electron chi connectivity index (χ2n) is 6.70. The SMILES string of the molecule is O=C(COC(=O)c1cc([N+](=O)[O-])ccc1NCCO)Nc1ccc(Oc2ccccc2)cc1. The van der Waals surface area contributed by atoms with E-state index in [4.69, 9.17) is 14.6 Å². The van der Waals surface area contributed by atoms with Crippen molar-refractivity contribution in [2.24, 2.45) is 0 Å². The molecule has 3 aromatic rings. The van der Waals surface area contributed by atoms with Crippen LogP contribution in [0.5, 0.6) is 11.5 Å². The van der Waals surface area contributed by atoms with Crippen LogP contribution in [0.25, 0.3) is 0 Å². The second kappa shape index (κ2) is 11.3. The molecular formula is C23H21N3O7. The number of carbonyl (C=O) groups is 2. The first-order chi connectivity index (χ1) is 16.0. The van der Waals surface area contributed by atoms with E-state index in [1.54, 1.807) is 24.3 Å². The largest absolute Gasteiger partial charge is 0.457 e. The number of aliphatic hydroxyl groups excluding tert-OH is 1. The predicted molar refractivity (Wildman–Crippen MR) is 121 cm³/mol. The van der Waals surface area contributed by atoms with Crippen molar-refractivity contribution in [1.29, 1.82) is 0 Å². The Hall–Kier alpha value is -4.44. The lowest BCUT2D eigenvalue weighted by molar-refractivity contribution is -0.384. The molecule has 3 rings (SSSR count). The fourth-order valence-corrected chi connectivity index (χ4v) is 2.80. The number of benzene rings is 3. The average Bonchev–Trinajstić information content (AvgIpc) is 2.83. The lowest BCUT2D eigenvalue weighted by Crippen LogP contribution is -2.21. The van der Waals surface area contributed by atoms with Crippen LogP contribution in [0.2, 0.25) is 0 Å². The molecule has 0 saturated carbocycles. The fraction of sp³-hybridized carbons (Fsp3) is 0.130. The molecule has 0 unspecified atom stereocenters. The van der Waals surface area contributed by atoms with Crippen molar-refractivity contribution in [3.63, 3.8) is 0 Å². The monoisotopic (exact) mass is 451 g/mol. The van der Waals surface area contributed by atoms with Gasteiger partial charge in [-0.15, -0.1) is 0 Å². The van der Waals surface area contributed by atoms with Crippen molar-refractivity contribution in [2.45, 2.75) is 0 Å². The standard InChI is InChI=1S/C23H21N3O7/c27-13-12-24-21-11-8-17(26(30)31)14-20(21)23(29)32-15-22(28)25-16-6-9-19(10-7-16)33-18-4-2-1-3-5-18/h1-11,14,24,27H,12-13,15H2,(H,25,28). The lowest BCUT2D eigenvalue weighted by atomic mass is 10.1. The Morgan fingerprint density at radius 3 is 2.33 bits per heavy atom. The molecular weight excluding hydrogens is 430 g/mol. The molecule has 10 nitrogen and oxygen atoms in total. The van der Waals surface area contributed by atoms with Gasteiger partial charge in [0.1, 0.15) is 11.5 Å². The van der Waals surface area contributed by atoms with Crippen LogP contribution in [0.4, 0.5) is 17.1 Å². The van der Waals surface area contributed by atoms with Crippen LogP contribution in [0.1, 0.15) is 10.4 Å². The molecule has 3 N–H and O–H groups in total. The van der Waals surface area contributed by atoms with Gasteiger partial charge in [0, 0.05) is 30.1 Å². The summed E-state index contributed by atoms with van der Waals surface area (Å²) in [6, 6.07) is 19.4. The van der Waals surface area contributed by atoms with E-state index in [2.05, 4.69) is 10.6 Å². The van der Waals surface area contributed by atoms with Gasteiger partial charge in [0.2, 0.25) is 0 Å². The Morgan fingerprint density at radius 2 is 1.67 bits per heavy atom. The van der Waals surface area contributed by atoms with Gasteiger partial charge >= 0.3 is 5.97 Å². The van der Waals surface area contributed by atoms with Crippen molar-refractivity contribution in [2.75, 3.05) is 30.4 Å².